The minimum Gasteiger partial charge on any atom is -0.478 e. The molecule has 21 heavy (non-hydrogen) atoms. The lowest BCUT2D eigenvalue weighted by molar-refractivity contribution is -0.129. The zero-order valence-electron chi connectivity index (χ0n) is 12.6. The van der Waals surface area contributed by atoms with E-state index in [0.717, 1.165) is 25.7 Å². The fourth-order valence-corrected chi connectivity index (χ4v) is 2.73. The summed E-state index contributed by atoms with van der Waals surface area (Å²) < 4.78 is 19.1. The molecule has 0 aromatic heterocycles. The number of ether oxygens (including phenoxy) is 1. The first-order chi connectivity index (χ1) is 10.2. The van der Waals surface area contributed by atoms with Gasteiger partial charge in [-0.2, -0.15) is 0 Å². The Labute approximate surface area is 125 Å². The van der Waals surface area contributed by atoms with Crippen molar-refractivity contribution in [3.05, 3.63) is 30.1 Å². The molecule has 0 saturated heterocycles. The van der Waals surface area contributed by atoms with Gasteiger partial charge in [0.05, 0.1) is 0 Å². The Hall–Kier alpha value is -1.58. The Morgan fingerprint density at radius 2 is 1.95 bits per heavy atom. The summed E-state index contributed by atoms with van der Waals surface area (Å²) in [5.41, 5.74) is 0. The predicted molar refractivity (Wildman–Crippen MR) is 80.7 cm³/mol. The highest BCUT2D eigenvalue weighted by molar-refractivity contribution is 5.81. The van der Waals surface area contributed by atoms with Gasteiger partial charge in [-0.05, 0) is 31.4 Å². The van der Waals surface area contributed by atoms with E-state index in [1.54, 1.807) is 18.2 Å². The number of carbonyl (C=O) groups excluding carboxylic acids is 1. The topological polar surface area (TPSA) is 38.3 Å². The van der Waals surface area contributed by atoms with Crippen molar-refractivity contribution in [2.75, 3.05) is 0 Å². The molecule has 0 spiro atoms. The molecule has 2 rings (SSSR count). The molecule has 1 N–H and O–H groups in total. The molecule has 1 fully saturated rings. The maximum Gasteiger partial charge on any atom is 0.261 e. The molecule has 1 atom stereocenters. The van der Waals surface area contributed by atoms with Gasteiger partial charge in [-0.25, -0.2) is 4.39 Å². The number of para-hydroxylation sites is 1. The predicted octanol–water partition coefficient (Wildman–Crippen LogP) is 3.82. The van der Waals surface area contributed by atoms with Crippen LogP contribution >= 0.6 is 0 Å². The van der Waals surface area contributed by atoms with Gasteiger partial charge in [0.1, 0.15) is 0 Å². The molecule has 0 heterocycles. The normalized spacial score (nSPS) is 17.8. The van der Waals surface area contributed by atoms with Gasteiger partial charge in [0.2, 0.25) is 0 Å². The number of benzene rings is 1. The van der Waals surface area contributed by atoms with Crippen molar-refractivity contribution in [1.82, 2.24) is 5.32 Å². The first-order valence-corrected chi connectivity index (χ1v) is 7.92. The lowest BCUT2D eigenvalue weighted by Crippen LogP contribution is -2.43. The zero-order chi connectivity index (χ0) is 15.1. The van der Waals surface area contributed by atoms with Gasteiger partial charge in [0, 0.05) is 6.04 Å². The molecule has 1 amide bonds. The fourth-order valence-electron chi connectivity index (χ4n) is 2.73. The van der Waals surface area contributed by atoms with E-state index in [0.29, 0.717) is 6.42 Å². The molecular weight excluding hydrogens is 269 g/mol. The standard InChI is InChI=1S/C17H24FNO2/c1-2-15(21-16-12-8-7-11-14(16)18)17(20)19-13-9-5-3-4-6-10-13/h7-8,11-13,15H,2-6,9-10H2,1H3,(H,19,20)/t15-/m1/s1. The van der Waals surface area contributed by atoms with Crippen LogP contribution in [0.1, 0.15) is 51.9 Å². The Balaban J connectivity index is 1.93. The van der Waals surface area contributed by atoms with Gasteiger partial charge in [-0.1, -0.05) is 44.7 Å². The summed E-state index contributed by atoms with van der Waals surface area (Å²) in [6, 6.07) is 6.43. The summed E-state index contributed by atoms with van der Waals surface area (Å²) in [5, 5.41) is 3.06. The summed E-state index contributed by atoms with van der Waals surface area (Å²) in [6.45, 7) is 1.87. The Morgan fingerprint density at radius 3 is 2.57 bits per heavy atom. The van der Waals surface area contributed by atoms with Crippen LogP contribution in [0.15, 0.2) is 24.3 Å². The third-order valence-electron chi connectivity index (χ3n) is 3.97. The third kappa shape index (κ3) is 4.73. The van der Waals surface area contributed by atoms with E-state index in [1.165, 1.54) is 18.9 Å². The van der Waals surface area contributed by atoms with Crippen LogP contribution < -0.4 is 10.1 Å². The van der Waals surface area contributed by atoms with E-state index in [2.05, 4.69) is 5.32 Å². The van der Waals surface area contributed by atoms with Crippen molar-refractivity contribution < 1.29 is 13.9 Å². The monoisotopic (exact) mass is 293 g/mol. The second kappa shape index (κ2) is 8.01. The van der Waals surface area contributed by atoms with Crippen molar-refractivity contribution in [3.63, 3.8) is 0 Å². The summed E-state index contributed by atoms with van der Waals surface area (Å²) in [6.07, 6.45) is 6.76. The summed E-state index contributed by atoms with van der Waals surface area (Å²) in [4.78, 5) is 12.3. The second-order valence-electron chi connectivity index (χ2n) is 5.64. The number of carbonyl (C=O) groups is 1. The van der Waals surface area contributed by atoms with Crippen LogP contribution in [0.4, 0.5) is 4.39 Å². The van der Waals surface area contributed by atoms with Crippen LogP contribution in [0.25, 0.3) is 0 Å². The van der Waals surface area contributed by atoms with Crippen LogP contribution in [0.5, 0.6) is 5.75 Å². The van der Waals surface area contributed by atoms with Crippen molar-refractivity contribution >= 4 is 5.91 Å². The molecule has 1 saturated carbocycles. The minimum absolute atomic E-state index is 0.132. The highest BCUT2D eigenvalue weighted by Gasteiger charge is 2.23. The molecule has 1 aromatic rings. The molecule has 0 radical (unpaired) electrons. The van der Waals surface area contributed by atoms with Gasteiger partial charge in [-0.15, -0.1) is 0 Å². The summed E-state index contributed by atoms with van der Waals surface area (Å²) >= 11 is 0. The van der Waals surface area contributed by atoms with E-state index in [9.17, 15) is 9.18 Å². The molecule has 1 aromatic carbocycles. The van der Waals surface area contributed by atoms with Crippen molar-refractivity contribution in [3.8, 4) is 5.75 Å². The first kappa shape index (κ1) is 15.8. The average Bonchev–Trinajstić information content (AvgIpc) is 2.75. The van der Waals surface area contributed by atoms with Gasteiger partial charge < -0.3 is 10.1 Å². The fraction of sp³-hybridized carbons (Fsp3) is 0.588. The van der Waals surface area contributed by atoms with Crippen LogP contribution in [0.2, 0.25) is 0 Å². The van der Waals surface area contributed by atoms with E-state index < -0.39 is 11.9 Å². The zero-order valence-corrected chi connectivity index (χ0v) is 12.6. The van der Waals surface area contributed by atoms with Crippen molar-refractivity contribution in [2.24, 2.45) is 0 Å². The Morgan fingerprint density at radius 1 is 1.29 bits per heavy atom. The Bertz CT molecular complexity index is 456. The number of hydrogen-bond acceptors (Lipinski definition) is 2. The van der Waals surface area contributed by atoms with Crippen LogP contribution in [-0.4, -0.2) is 18.1 Å². The van der Waals surface area contributed by atoms with Gasteiger partial charge in [-0.3, -0.25) is 4.79 Å². The molecule has 3 nitrogen and oxygen atoms in total. The molecule has 0 aliphatic heterocycles. The van der Waals surface area contributed by atoms with E-state index in [1.807, 2.05) is 6.92 Å². The molecule has 1 aliphatic carbocycles. The van der Waals surface area contributed by atoms with Gasteiger partial charge >= 0.3 is 0 Å². The largest absolute Gasteiger partial charge is 0.478 e. The SMILES string of the molecule is CC[C@@H](Oc1ccccc1F)C(=O)NC1CCCCCC1. The highest BCUT2D eigenvalue weighted by atomic mass is 19.1. The average molecular weight is 293 g/mol. The van der Waals surface area contributed by atoms with Gasteiger partial charge in [0.25, 0.3) is 5.91 Å². The third-order valence-corrected chi connectivity index (χ3v) is 3.97. The van der Waals surface area contributed by atoms with E-state index in [-0.39, 0.29) is 17.7 Å². The lowest BCUT2D eigenvalue weighted by atomic mass is 10.1. The van der Waals surface area contributed by atoms with Crippen molar-refractivity contribution in [1.29, 1.82) is 0 Å². The maximum absolute atomic E-state index is 13.6. The van der Waals surface area contributed by atoms with E-state index >= 15 is 0 Å². The summed E-state index contributed by atoms with van der Waals surface area (Å²) in [5.74, 6) is -0.425. The maximum atomic E-state index is 13.6. The van der Waals surface area contributed by atoms with E-state index in [4.69, 9.17) is 4.74 Å². The quantitative estimate of drug-likeness (QED) is 0.838. The lowest BCUT2D eigenvalue weighted by Gasteiger charge is -2.22. The number of halogens is 1. The number of rotatable bonds is 5. The van der Waals surface area contributed by atoms with Crippen LogP contribution in [0, 0.1) is 5.82 Å². The number of nitrogens with one attached hydrogen (secondary N) is 1. The molecule has 1 aliphatic rings. The van der Waals surface area contributed by atoms with Crippen LogP contribution in [0.3, 0.4) is 0 Å². The molecule has 0 bridgehead atoms. The Kier molecular flexibility index (Phi) is 6.03. The number of hydrogen-bond donors (Lipinski definition) is 1. The molecule has 0 unspecified atom stereocenters. The molecule has 116 valence electrons. The number of amides is 1. The first-order valence-electron chi connectivity index (χ1n) is 7.92. The van der Waals surface area contributed by atoms with Crippen LogP contribution in [-0.2, 0) is 4.79 Å². The highest BCUT2D eigenvalue weighted by Crippen LogP contribution is 2.20. The van der Waals surface area contributed by atoms with Crippen molar-refractivity contribution in [2.45, 2.75) is 64.0 Å². The minimum atomic E-state index is -0.634. The molecular formula is C17H24FNO2. The molecule has 4 heteroatoms. The summed E-state index contributed by atoms with van der Waals surface area (Å²) in [7, 11) is 0. The van der Waals surface area contributed by atoms with Gasteiger partial charge in [0.15, 0.2) is 17.7 Å². The second-order valence-corrected chi connectivity index (χ2v) is 5.64. The smallest absolute Gasteiger partial charge is 0.261 e.